The van der Waals surface area contributed by atoms with E-state index >= 15 is 0 Å². The lowest BCUT2D eigenvalue weighted by molar-refractivity contribution is -0.121. The van der Waals surface area contributed by atoms with E-state index in [9.17, 15) is 13.2 Å². The first-order chi connectivity index (χ1) is 7.41. The Bertz CT molecular complexity index is 324. The van der Waals surface area contributed by atoms with Crippen LogP contribution in [0.3, 0.4) is 0 Å². The molecule has 0 heterocycles. The molecule has 0 N–H and O–H groups in total. The second-order valence-electron chi connectivity index (χ2n) is 5.25. The van der Waals surface area contributed by atoms with E-state index in [0.29, 0.717) is 0 Å². The molecule has 0 aromatic heterocycles. The van der Waals surface area contributed by atoms with Crippen LogP contribution in [0.5, 0.6) is 0 Å². The zero-order valence-corrected chi connectivity index (χ0v) is 11.1. The Morgan fingerprint density at radius 3 is 2.25 bits per heavy atom. The van der Waals surface area contributed by atoms with Crippen LogP contribution in [0.25, 0.3) is 0 Å². The molecule has 0 radical (unpaired) electrons. The Labute approximate surface area is 98.5 Å². The minimum Gasteiger partial charge on any atom is -0.298 e. The first-order valence-electron chi connectivity index (χ1n) is 6.14. The highest BCUT2D eigenvalue weighted by molar-refractivity contribution is 7.92. The van der Waals surface area contributed by atoms with E-state index in [1.54, 1.807) is 0 Å². The third-order valence-corrected chi connectivity index (χ3v) is 4.91. The van der Waals surface area contributed by atoms with Gasteiger partial charge in [0.05, 0.1) is 5.75 Å². The van der Waals surface area contributed by atoms with Crippen molar-refractivity contribution < 1.29 is 13.2 Å². The van der Waals surface area contributed by atoms with Crippen LogP contribution in [0.4, 0.5) is 0 Å². The number of sulfone groups is 1. The summed E-state index contributed by atoms with van der Waals surface area (Å²) in [6, 6.07) is 0. The van der Waals surface area contributed by atoms with Crippen molar-refractivity contribution in [3.8, 4) is 0 Å². The lowest BCUT2D eigenvalue weighted by atomic mass is 9.87. The second-order valence-corrected chi connectivity index (χ2v) is 7.36. The van der Waals surface area contributed by atoms with Crippen molar-refractivity contribution in [2.45, 2.75) is 46.0 Å². The molecule has 1 saturated carbocycles. The van der Waals surface area contributed by atoms with E-state index < -0.39 is 9.84 Å². The Balaban J connectivity index is 2.49. The van der Waals surface area contributed by atoms with Crippen molar-refractivity contribution >= 4 is 15.6 Å². The van der Waals surface area contributed by atoms with Gasteiger partial charge >= 0.3 is 0 Å². The molecule has 1 rings (SSSR count). The van der Waals surface area contributed by atoms with E-state index in [4.69, 9.17) is 0 Å². The first-order valence-corrected chi connectivity index (χ1v) is 7.96. The highest BCUT2D eigenvalue weighted by Gasteiger charge is 2.26. The van der Waals surface area contributed by atoms with Gasteiger partial charge in [-0.25, -0.2) is 8.42 Å². The van der Waals surface area contributed by atoms with Crippen LogP contribution in [0.2, 0.25) is 0 Å². The quantitative estimate of drug-likeness (QED) is 0.747. The van der Waals surface area contributed by atoms with Gasteiger partial charge in [0.25, 0.3) is 0 Å². The molecule has 0 spiro atoms. The van der Waals surface area contributed by atoms with E-state index in [1.807, 2.05) is 13.8 Å². The van der Waals surface area contributed by atoms with Gasteiger partial charge in [-0.3, -0.25) is 4.79 Å². The summed E-state index contributed by atoms with van der Waals surface area (Å²) in [6.45, 7) is 3.73. The molecule has 0 saturated heterocycles. The van der Waals surface area contributed by atoms with E-state index in [0.717, 1.165) is 25.7 Å². The number of hydrogen-bond donors (Lipinski definition) is 0. The van der Waals surface area contributed by atoms with Gasteiger partial charge in [-0.05, 0) is 18.8 Å². The third-order valence-electron chi connectivity index (χ3n) is 3.01. The van der Waals surface area contributed by atoms with Gasteiger partial charge in [0.2, 0.25) is 0 Å². The molecule has 0 aromatic carbocycles. The predicted molar refractivity (Wildman–Crippen MR) is 65.1 cm³/mol. The van der Waals surface area contributed by atoms with E-state index in [1.165, 1.54) is 6.42 Å². The lowest BCUT2D eigenvalue weighted by Crippen LogP contribution is -2.28. The number of rotatable bonds is 5. The van der Waals surface area contributed by atoms with Gasteiger partial charge in [0, 0.05) is 5.92 Å². The van der Waals surface area contributed by atoms with Crippen molar-refractivity contribution in [3.63, 3.8) is 0 Å². The smallest absolute Gasteiger partial charge is 0.157 e. The predicted octanol–water partition coefficient (Wildman–Crippen LogP) is 2.21. The number of ketones is 1. The maximum absolute atomic E-state index is 11.8. The lowest BCUT2D eigenvalue weighted by Gasteiger charge is -2.20. The standard InChI is InChI=1S/C12H22O3S/c1-10(2)8-16(14,15)9-12(13)11-6-4-3-5-7-11/h10-11H,3-9H2,1-2H3. The molecular weight excluding hydrogens is 224 g/mol. The fraction of sp³-hybridized carbons (Fsp3) is 0.917. The van der Waals surface area contributed by atoms with Crippen molar-refractivity contribution in [2.75, 3.05) is 11.5 Å². The molecule has 16 heavy (non-hydrogen) atoms. The largest absolute Gasteiger partial charge is 0.298 e. The summed E-state index contributed by atoms with van der Waals surface area (Å²) >= 11 is 0. The van der Waals surface area contributed by atoms with Gasteiger partial charge in [0.15, 0.2) is 15.6 Å². The highest BCUT2D eigenvalue weighted by Crippen LogP contribution is 2.24. The summed E-state index contributed by atoms with van der Waals surface area (Å²) in [6.07, 6.45) is 5.09. The zero-order chi connectivity index (χ0) is 12.2. The molecule has 3 nitrogen and oxygen atoms in total. The Kier molecular flexibility index (Phi) is 4.96. The molecule has 4 heteroatoms. The average molecular weight is 246 g/mol. The van der Waals surface area contributed by atoms with Crippen LogP contribution in [0.15, 0.2) is 0 Å². The number of Topliss-reactive ketones (excluding diaryl/α,β-unsaturated/α-hetero) is 1. The van der Waals surface area contributed by atoms with Gasteiger partial charge in [0.1, 0.15) is 5.75 Å². The van der Waals surface area contributed by atoms with Gasteiger partial charge < -0.3 is 0 Å². The van der Waals surface area contributed by atoms with Crippen LogP contribution in [-0.2, 0) is 14.6 Å². The molecule has 1 aliphatic rings. The Hall–Kier alpha value is -0.380. The molecule has 94 valence electrons. The molecule has 0 amide bonds. The number of carbonyl (C=O) groups is 1. The normalized spacial score (nSPS) is 18.9. The fourth-order valence-corrected chi connectivity index (χ4v) is 4.13. The van der Waals surface area contributed by atoms with E-state index in [-0.39, 0.29) is 29.1 Å². The summed E-state index contributed by atoms with van der Waals surface area (Å²) in [4.78, 5) is 11.8. The molecule has 0 bridgehead atoms. The summed E-state index contributed by atoms with van der Waals surface area (Å²) in [5.74, 6) is -0.0541. The van der Waals surface area contributed by atoms with Crippen molar-refractivity contribution in [3.05, 3.63) is 0 Å². The monoisotopic (exact) mass is 246 g/mol. The fourth-order valence-electron chi connectivity index (χ4n) is 2.33. The molecule has 1 fully saturated rings. The van der Waals surface area contributed by atoms with Gasteiger partial charge in [-0.15, -0.1) is 0 Å². The summed E-state index contributed by atoms with van der Waals surface area (Å²) < 4.78 is 23.3. The number of hydrogen-bond acceptors (Lipinski definition) is 3. The van der Waals surface area contributed by atoms with Crippen LogP contribution in [0.1, 0.15) is 46.0 Å². The molecule has 0 aliphatic heterocycles. The molecule has 1 aliphatic carbocycles. The Morgan fingerprint density at radius 2 is 1.75 bits per heavy atom. The first kappa shape index (κ1) is 13.7. The van der Waals surface area contributed by atoms with Gasteiger partial charge in [-0.1, -0.05) is 33.1 Å². The van der Waals surface area contributed by atoms with Crippen molar-refractivity contribution in [1.29, 1.82) is 0 Å². The van der Waals surface area contributed by atoms with Crippen LogP contribution < -0.4 is 0 Å². The van der Waals surface area contributed by atoms with Crippen LogP contribution in [-0.4, -0.2) is 25.7 Å². The van der Waals surface area contributed by atoms with Crippen molar-refractivity contribution in [2.24, 2.45) is 11.8 Å². The average Bonchev–Trinajstić information content (AvgIpc) is 2.16. The SMILES string of the molecule is CC(C)CS(=O)(=O)CC(=O)C1CCCCC1. The van der Waals surface area contributed by atoms with Crippen molar-refractivity contribution in [1.82, 2.24) is 0 Å². The number of carbonyl (C=O) groups excluding carboxylic acids is 1. The summed E-state index contributed by atoms with van der Waals surface area (Å²) in [7, 11) is -3.18. The molecular formula is C12H22O3S. The summed E-state index contributed by atoms with van der Waals surface area (Å²) in [5, 5.41) is 0. The third kappa shape index (κ3) is 4.64. The second kappa shape index (κ2) is 5.80. The van der Waals surface area contributed by atoms with Crippen LogP contribution in [0, 0.1) is 11.8 Å². The highest BCUT2D eigenvalue weighted by atomic mass is 32.2. The van der Waals surface area contributed by atoms with Gasteiger partial charge in [-0.2, -0.15) is 0 Å². The molecule has 0 aromatic rings. The maximum atomic E-state index is 11.8. The zero-order valence-electron chi connectivity index (χ0n) is 10.2. The summed E-state index contributed by atoms with van der Waals surface area (Å²) in [5.41, 5.74) is 0. The van der Waals surface area contributed by atoms with Crippen LogP contribution >= 0.6 is 0 Å². The van der Waals surface area contributed by atoms with E-state index in [2.05, 4.69) is 0 Å². The minimum absolute atomic E-state index is 0.00990. The maximum Gasteiger partial charge on any atom is 0.157 e. The molecule has 0 unspecified atom stereocenters. The molecule has 0 atom stereocenters. The Morgan fingerprint density at radius 1 is 1.19 bits per heavy atom. The topological polar surface area (TPSA) is 51.2 Å². The minimum atomic E-state index is -3.18.